The zero-order chi connectivity index (χ0) is 19.5. The second-order valence-electron chi connectivity index (χ2n) is 7.71. The van der Waals surface area contributed by atoms with Gasteiger partial charge in [-0.3, -0.25) is 9.78 Å². The third-order valence-electron chi connectivity index (χ3n) is 5.61. The average Bonchev–Trinajstić information content (AvgIpc) is 3.27. The predicted molar refractivity (Wildman–Crippen MR) is 118 cm³/mol. The molecule has 0 fully saturated rings. The van der Waals surface area contributed by atoms with Crippen LogP contribution in [0.1, 0.15) is 54.8 Å². The van der Waals surface area contributed by atoms with Gasteiger partial charge in [-0.1, -0.05) is 26.7 Å². The molecule has 1 aliphatic heterocycles. The number of carbonyl (C=O) groups is 1. The van der Waals surface area contributed by atoms with Crippen LogP contribution < -0.4 is 5.32 Å². The van der Waals surface area contributed by atoms with Crippen LogP contribution in [0.3, 0.4) is 0 Å². The van der Waals surface area contributed by atoms with Crippen molar-refractivity contribution in [3.63, 3.8) is 0 Å². The Morgan fingerprint density at radius 1 is 1.36 bits per heavy atom. The number of aromatic nitrogens is 2. The molecule has 1 unspecified atom stereocenters. The Morgan fingerprint density at radius 2 is 2.25 bits per heavy atom. The van der Waals surface area contributed by atoms with E-state index in [1.54, 1.807) is 22.7 Å². The van der Waals surface area contributed by atoms with Crippen LogP contribution >= 0.6 is 22.7 Å². The Bertz CT molecular complexity index is 942. The Kier molecular flexibility index (Phi) is 6.19. The number of hydrogen-bond donors (Lipinski definition) is 1. The van der Waals surface area contributed by atoms with Gasteiger partial charge in [-0.15, -0.1) is 22.7 Å². The van der Waals surface area contributed by atoms with Gasteiger partial charge in [0.2, 0.25) is 0 Å². The fourth-order valence-corrected chi connectivity index (χ4v) is 6.22. The molecule has 0 aliphatic carbocycles. The number of pyridine rings is 1. The summed E-state index contributed by atoms with van der Waals surface area (Å²) >= 11 is 3.52. The number of ketones is 1. The van der Waals surface area contributed by atoms with E-state index in [1.807, 2.05) is 18.5 Å². The zero-order valence-corrected chi connectivity index (χ0v) is 18.2. The van der Waals surface area contributed by atoms with E-state index in [9.17, 15) is 4.79 Å². The molecule has 0 amide bonds. The molecule has 28 heavy (non-hydrogen) atoms. The number of carbonyl (C=O) groups excluding carboxylic acids is 1. The molecular formula is C22H27N3OS2. The van der Waals surface area contributed by atoms with E-state index in [2.05, 4.69) is 24.1 Å². The van der Waals surface area contributed by atoms with Gasteiger partial charge in [0.05, 0.1) is 10.9 Å². The van der Waals surface area contributed by atoms with E-state index in [0.717, 1.165) is 47.6 Å². The highest BCUT2D eigenvalue weighted by Gasteiger charge is 2.25. The first-order valence-electron chi connectivity index (χ1n) is 10.2. The summed E-state index contributed by atoms with van der Waals surface area (Å²) in [6.07, 6.45) is 9.23. The van der Waals surface area contributed by atoms with Gasteiger partial charge in [-0.25, -0.2) is 4.98 Å². The maximum atomic E-state index is 12.7. The monoisotopic (exact) mass is 413 g/mol. The normalized spacial score (nSPS) is 14.9. The van der Waals surface area contributed by atoms with Gasteiger partial charge < -0.3 is 5.32 Å². The van der Waals surface area contributed by atoms with Crippen LogP contribution in [0.25, 0.3) is 20.8 Å². The molecule has 4 nitrogen and oxygen atoms in total. The summed E-state index contributed by atoms with van der Waals surface area (Å²) in [6.45, 7) is 6.38. The van der Waals surface area contributed by atoms with Crippen molar-refractivity contribution in [3.8, 4) is 10.6 Å². The van der Waals surface area contributed by atoms with E-state index < -0.39 is 0 Å². The summed E-state index contributed by atoms with van der Waals surface area (Å²) in [5.74, 6) is 1.07. The highest BCUT2D eigenvalue weighted by atomic mass is 32.1. The molecule has 1 atom stereocenters. The third-order valence-corrected chi connectivity index (χ3v) is 7.90. The largest absolute Gasteiger partial charge is 0.312 e. The lowest BCUT2D eigenvalue weighted by Crippen LogP contribution is -2.22. The Morgan fingerprint density at radius 3 is 3.07 bits per heavy atom. The summed E-state index contributed by atoms with van der Waals surface area (Å²) in [5.41, 5.74) is 3.58. The maximum Gasteiger partial charge on any atom is 0.138 e. The molecule has 0 spiro atoms. The lowest BCUT2D eigenvalue weighted by atomic mass is 9.98. The number of thiophene rings is 1. The lowest BCUT2D eigenvalue weighted by Gasteiger charge is -2.13. The molecule has 0 bridgehead atoms. The quantitative estimate of drug-likeness (QED) is 0.538. The molecule has 0 saturated heterocycles. The molecule has 4 heterocycles. The van der Waals surface area contributed by atoms with Crippen molar-refractivity contribution in [2.75, 3.05) is 6.54 Å². The van der Waals surface area contributed by atoms with E-state index in [1.165, 1.54) is 27.3 Å². The summed E-state index contributed by atoms with van der Waals surface area (Å²) in [6, 6.07) is 2.02. The Balaban J connectivity index is 1.60. The second-order valence-corrected chi connectivity index (χ2v) is 9.93. The minimum atomic E-state index is 0.360. The van der Waals surface area contributed by atoms with Gasteiger partial charge in [0.15, 0.2) is 0 Å². The van der Waals surface area contributed by atoms with Gasteiger partial charge in [0, 0.05) is 40.9 Å². The number of Topliss-reactive ketones (excluding diaryl/α,β-unsaturated/α-hetero) is 1. The predicted octanol–water partition coefficient (Wildman–Crippen LogP) is 5.39. The van der Waals surface area contributed by atoms with Gasteiger partial charge in [0.25, 0.3) is 0 Å². The minimum absolute atomic E-state index is 0.360. The molecule has 3 aromatic heterocycles. The second kappa shape index (κ2) is 8.80. The Hall–Kier alpha value is -1.63. The summed E-state index contributed by atoms with van der Waals surface area (Å²) in [5, 5.41) is 4.51. The standard InChI is InChI=1S/C22H27N3OS2/c1-3-14(2)5-4-6-15(26)11-19-21(16-7-9-24-13-20(16)27-19)22-25-17-12-23-10-8-18(17)28-22/h8,10,12,14,24H,3-7,9,11,13H2,1-2H3. The number of nitrogens with zero attached hydrogens (tertiary/aromatic N) is 2. The number of fused-ring (bicyclic) bond motifs is 2. The highest BCUT2D eigenvalue weighted by Crippen LogP contribution is 2.41. The molecule has 148 valence electrons. The van der Waals surface area contributed by atoms with Crippen molar-refractivity contribution in [2.24, 2.45) is 5.92 Å². The van der Waals surface area contributed by atoms with Gasteiger partial charge in [0.1, 0.15) is 16.3 Å². The van der Waals surface area contributed by atoms with Crippen molar-refractivity contribution in [1.82, 2.24) is 15.3 Å². The average molecular weight is 414 g/mol. The molecular weight excluding hydrogens is 386 g/mol. The first-order chi connectivity index (χ1) is 13.7. The molecule has 3 aromatic rings. The van der Waals surface area contributed by atoms with Crippen LogP contribution in [-0.2, 0) is 24.2 Å². The van der Waals surface area contributed by atoms with E-state index in [-0.39, 0.29) is 0 Å². The fraction of sp³-hybridized carbons (Fsp3) is 0.500. The molecule has 4 rings (SSSR count). The van der Waals surface area contributed by atoms with Crippen LogP contribution in [0.2, 0.25) is 0 Å². The zero-order valence-electron chi connectivity index (χ0n) is 16.6. The van der Waals surface area contributed by atoms with Gasteiger partial charge >= 0.3 is 0 Å². The van der Waals surface area contributed by atoms with Crippen molar-refractivity contribution < 1.29 is 4.79 Å². The lowest BCUT2D eigenvalue weighted by molar-refractivity contribution is -0.118. The fourth-order valence-electron chi connectivity index (χ4n) is 3.77. The molecule has 0 radical (unpaired) electrons. The number of thiazole rings is 1. The smallest absolute Gasteiger partial charge is 0.138 e. The van der Waals surface area contributed by atoms with Gasteiger partial charge in [-0.2, -0.15) is 0 Å². The van der Waals surface area contributed by atoms with Gasteiger partial charge in [-0.05, 0) is 36.9 Å². The first kappa shape index (κ1) is 19.7. The van der Waals surface area contributed by atoms with Crippen LogP contribution in [0.15, 0.2) is 18.5 Å². The summed E-state index contributed by atoms with van der Waals surface area (Å²) in [4.78, 5) is 24.4. The van der Waals surface area contributed by atoms with Crippen molar-refractivity contribution in [1.29, 1.82) is 0 Å². The number of hydrogen-bond acceptors (Lipinski definition) is 6. The number of rotatable bonds is 8. The molecule has 1 aliphatic rings. The van der Waals surface area contributed by atoms with Crippen LogP contribution in [0.5, 0.6) is 0 Å². The SMILES string of the molecule is CCC(C)CCCC(=O)Cc1sc2c(c1-c1nc3cnccc3s1)CCNC2. The van der Waals surface area contributed by atoms with E-state index >= 15 is 0 Å². The third kappa shape index (κ3) is 4.19. The van der Waals surface area contributed by atoms with Crippen LogP contribution in [0.4, 0.5) is 0 Å². The molecule has 0 saturated carbocycles. The van der Waals surface area contributed by atoms with E-state index in [0.29, 0.717) is 24.5 Å². The highest BCUT2D eigenvalue weighted by molar-refractivity contribution is 7.22. The molecule has 1 N–H and O–H groups in total. The van der Waals surface area contributed by atoms with Crippen molar-refractivity contribution in [3.05, 3.63) is 33.8 Å². The van der Waals surface area contributed by atoms with Crippen LogP contribution in [0, 0.1) is 5.92 Å². The topological polar surface area (TPSA) is 54.9 Å². The van der Waals surface area contributed by atoms with Crippen molar-refractivity contribution >= 4 is 38.7 Å². The summed E-state index contributed by atoms with van der Waals surface area (Å²) in [7, 11) is 0. The molecule has 6 heteroatoms. The molecule has 0 aromatic carbocycles. The summed E-state index contributed by atoms with van der Waals surface area (Å²) < 4.78 is 1.16. The number of nitrogens with one attached hydrogen (secondary N) is 1. The van der Waals surface area contributed by atoms with Crippen LogP contribution in [-0.4, -0.2) is 22.3 Å². The Labute approximate surface area is 174 Å². The maximum absolute atomic E-state index is 12.7. The van der Waals surface area contributed by atoms with E-state index in [4.69, 9.17) is 4.98 Å². The first-order valence-corrected chi connectivity index (χ1v) is 11.9. The minimum Gasteiger partial charge on any atom is -0.312 e. The van der Waals surface area contributed by atoms with Crippen molar-refractivity contribution in [2.45, 2.75) is 58.9 Å².